The quantitative estimate of drug-likeness (QED) is 0.834. The van der Waals surface area contributed by atoms with Crippen LogP contribution in [-0.2, 0) is 11.2 Å². The lowest BCUT2D eigenvalue weighted by Crippen LogP contribution is -2.43. The summed E-state index contributed by atoms with van der Waals surface area (Å²) in [7, 11) is 0. The van der Waals surface area contributed by atoms with Gasteiger partial charge in [-0.05, 0) is 25.0 Å². The normalized spacial score (nSPS) is 17.6. The van der Waals surface area contributed by atoms with Gasteiger partial charge in [0.1, 0.15) is 11.6 Å². The van der Waals surface area contributed by atoms with Crippen molar-refractivity contribution in [3.05, 3.63) is 48.1 Å². The zero-order valence-electron chi connectivity index (χ0n) is 14.1. The number of piperidine rings is 1. The number of carbonyl (C=O) groups is 1. The summed E-state index contributed by atoms with van der Waals surface area (Å²) >= 11 is 0. The summed E-state index contributed by atoms with van der Waals surface area (Å²) in [6.45, 7) is 2.95. The highest BCUT2D eigenvalue weighted by atomic mass is 19.1. The molecule has 1 aromatic heterocycles. The molecular formula is C18H21F2N3O2. The molecule has 0 spiro atoms. The molecule has 1 amide bonds. The molecule has 1 fully saturated rings. The molecule has 0 bridgehead atoms. The van der Waals surface area contributed by atoms with Gasteiger partial charge in [-0.3, -0.25) is 4.79 Å². The molecule has 0 N–H and O–H groups in total. The Balaban J connectivity index is 1.61. The standard InChI is InChI=1S/C18H21F2N3O2/c1-2-17-21-7-9-23(17)14-4-3-8-22(11-14)18(24)12-25-16-10-13(19)5-6-15(16)20/h5-7,9-10,14H,2-4,8,11-12H2,1H3/t14-/m1/s1. The second-order valence-electron chi connectivity index (χ2n) is 6.10. The maximum atomic E-state index is 13.6. The van der Waals surface area contributed by atoms with Gasteiger partial charge in [-0.2, -0.15) is 0 Å². The second-order valence-corrected chi connectivity index (χ2v) is 6.10. The summed E-state index contributed by atoms with van der Waals surface area (Å²) in [6.07, 6.45) is 6.41. The molecule has 0 radical (unpaired) electrons. The fraction of sp³-hybridized carbons (Fsp3) is 0.444. The van der Waals surface area contributed by atoms with Gasteiger partial charge in [0.15, 0.2) is 18.2 Å². The Morgan fingerprint density at radius 1 is 1.40 bits per heavy atom. The van der Waals surface area contributed by atoms with Gasteiger partial charge in [0.2, 0.25) is 0 Å². The molecule has 1 aliphatic rings. The summed E-state index contributed by atoms with van der Waals surface area (Å²) in [5, 5.41) is 0. The number of ether oxygens (including phenoxy) is 1. The van der Waals surface area contributed by atoms with Crippen LogP contribution in [0.25, 0.3) is 0 Å². The zero-order chi connectivity index (χ0) is 17.8. The number of hydrogen-bond acceptors (Lipinski definition) is 3. The second kappa shape index (κ2) is 7.63. The van der Waals surface area contributed by atoms with E-state index in [-0.39, 0.29) is 24.3 Å². The van der Waals surface area contributed by atoms with Gasteiger partial charge in [-0.15, -0.1) is 0 Å². The molecule has 5 nitrogen and oxygen atoms in total. The van der Waals surface area contributed by atoms with Gasteiger partial charge in [-0.1, -0.05) is 6.92 Å². The molecule has 2 heterocycles. The van der Waals surface area contributed by atoms with E-state index in [1.165, 1.54) is 0 Å². The molecule has 3 rings (SSSR count). The van der Waals surface area contributed by atoms with Crippen LogP contribution < -0.4 is 4.74 Å². The zero-order valence-corrected chi connectivity index (χ0v) is 14.1. The van der Waals surface area contributed by atoms with E-state index in [1.54, 1.807) is 11.1 Å². The van der Waals surface area contributed by atoms with Crippen molar-refractivity contribution in [2.45, 2.75) is 32.2 Å². The molecule has 1 atom stereocenters. The van der Waals surface area contributed by atoms with Crippen LogP contribution in [0.3, 0.4) is 0 Å². The number of likely N-dealkylation sites (tertiary alicyclic amines) is 1. The number of aromatic nitrogens is 2. The van der Waals surface area contributed by atoms with Crippen molar-refractivity contribution in [2.24, 2.45) is 0 Å². The predicted octanol–water partition coefficient (Wildman–Crippen LogP) is 2.97. The van der Waals surface area contributed by atoms with Crippen LogP contribution in [0.1, 0.15) is 31.6 Å². The monoisotopic (exact) mass is 349 g/mol. The Morgan fingerprint density at radius 3 is 3.04 bits per heavy atom. The van der Waals surface area contributed by atoms with Crippen LogP contribution in [0.5, 0.6) is 5.75 Å². The number of halogens is 2. The van der Waals surface area contributed by atoms with Gasteiger partial charge in [0, 0.05) is 38.0 Å². The van der Waals surface area contributed by atoms with Crippen molar-refractivity contribution in [1.82, 2.24) is 14.5 Å². The summed E-state index contributed by atoms with van der Waals surface area (Å²) in [4.78, 5) is 18.4. The fourth-order valence-corrected chi connectivity index (χ4v) is 3.18. The van der Waals surface area contributed by atoms with Crippen LogP contribution in [0.4, 0.5) is 8.78 Å². The number of benzene rings is 1. The Morgan fingerprint density at radius 2 is 2.24 bits per heavy atom. The van der Waals surface area contributed by atoms with E-state index in [2.05, 4.69) is 9.55 Å². The number of carbonyl (C=O) groups excluding carboxylic acids is 1. The molecule has 1 aliphatic heterocycles. The van der Waals surface area contributed by atoms with E-state index in [0.29, 0.717) is 13.1 Å². The molecule has 7 heteroatoms. The molecule has 134 valence electrons. The van der Waals surface area contributed by atoms with E-state index in [0.717, 1.165) is 43.3 Å². The van der Waals surface area contributed by atoms with Gasteiger partial charge < -0.3 is 14.2 Å². The SMILES string of the molecule is CCc1nccn1[C@@H]1CCCN(C(=O)COc2cc(F)ccc2F)C1. The number of hydrogen-bond donors (Lipinski definition) is 0. The first-order valence-corrected chi connectivity index (χ1v) is 8.45. The lowest BCUT2D eigenvalue weighted by Gasteiger charge is -2.34. The van der Waals surface area contributed by atoms with Gasteiger partial charge in [0.05, 0.1) is 6.04 Å². The maximum Gasteiger partial charge on any atom is 0.260 e. The van der Waals surface area contributed by atoms with Crippen molar-refractivity contribution >= 4 is 5.91 Å². The molecule has 1 saturated heterocycles. The van der Waals surface area contributed by atoms with Crippen molar-refractivity contribution in [2.75, 3.05) is 19.7 Å². The van der Waals surface area contributed by atoms with Gasteiger partial charge in [-0.25, -0.2) is 13.8 Å². The Kier molecular flexibility index (Phi) is 5.31. The largest absolute Gasteiger partial charge is 0.481 e. The van der Waals surface area contributed by atoms with E-state index in [4.69, 9.17) is 4.74 Å². The Labute approximate surface area is 145 Å². The third-order valence-corrected chi connectivity index (χ3v) is 4.45. The van der Waals surface area contributed by atoms with E-state index < -0.39 is 11.6 Å². The highest BCUT2D eigenvalue weighted by Gasteiger charge is 2.26. The topological polar surface area (TPSA) is 47.4 Å². The third kappa shape index (κ3) is 3.97. The molecular weight excluding hydrogens is 328 g/mol. The average Bonchev–Trinajstić information content (AvgIpc) is 3.11. The molecule has 0 aliphatic carbocycles. The first-order valence-electron chi connectivity index (χ1n) is 8.45. The Hall–Kier alpha value is -2.44. The minimum atomic E-state index is -0.684. The fourth-order valence-electron chi connectivity index (χ4n) is 3.18. The van der Waals surface area contributed by atoms with Crippen molar-refractivity contribution in [3.8, 4) is 5.75 Å². The Bertz CT molecular complexity index is 748. The molecule has 0 unspecified atom stereocenters. The van der Waals surface area contributed by atoms with Crippen LogP contribution in [0.15, 0.2) is 30.6 Å². The van der Waals surface area contributed by atoms with Crippen LogP contribution in [0.2, 0.25) is 0 Å². The molecule has 1 aromatic carbocycles. The molecule has 2 aromatic rings. The lowest BCUT2D eigenvalue weighted by atomic mass is 10.1. The maximum absolute atomic E-state index is 13.6. The highest BCUT2D eigenvalue weighted by Crippen LogP contribution is 2.23. The summed E-state index contributed by atoms with van der Waals surface area (Å²) < 4.78 is 34.0. The van der Waals surface area contributed by atoms with E-state index in [1.807, 2.05) is 13.1 Å². The van der Waals surface area contributed by atoms with Crippen molar-refractivity contribution < 1.29 is 18.3 Å². The average molecular weight is 349 g/mol. The van der Waals surface area contributed by atoms with E-state index >= 15 is 0 Å². The van der Waals surface area contributed by atoms with Gasteiger partial charge >= 0.3 is 0 Å². The minimum Gasteiger partial charge on any atom is -0.481 e. The smallest absolute Gasteiger partial charge is 0.260 e. The number of amides is 1. The summed E-state index contributed by atoms with van der Waals surface area (Å²) in [5.41, 5.74) is 0. The highest BCUT2D eigenvalue weighted by molar-refractivity contribution is 5.77. The number of aryl methyl sites for hydroxylation is 1. The van der Waals surface area contributed by atoms with Crippen LogP contribution in [0, 0.1) is 11.6 Å². The van der Waals surface area contributed by atoms with Crippen LogP contribution in [-0.4, -0.2) is 40.1 Å². The minimum absolute atomic E-state index is 0.182. The van der Waals surface area contributed by atoms with E-state index in [9.17, 15) is 13.6 Å². The number of imidazole rings is 1. The lowest BCUT2D eigenvalue weighted by molar-refractivity contribution is -0.135. The van der Waals surface area contributed by atoms with Crippen LogP contribution >= 0.6 is 0 Å². The number of rotatable bonds is 5. The van der Waals surface area contributed by atoms with Crippen molar-refractivity contribution in [1.29, 1.82) is 0 Å². The summed E-state index contributed by atoms with van der Waals surface area (Å²) in [5.74, 6) is -0.764. The van der Waals surface area contributed by atoms with Gasteiger partial charge in [0.25, 0.3) is 5.91 Å². The summed E-state index contributed by atoms with van der Waals surface area (Å²) in [6, 6.07) is 3.12. The predicted molar refractivity (Wildman–Crippen MR) is 88.3 cm³/mol. The first-order chi connectivity index (χ1) is 12.1. The first kappa shape index (κ1) is 17.4. The number of nitrogens with zero attached hydrogens (tertiary/aromatic N) is 3. The molecule has 25 heavy (non-hydrogen) atoms. The molecule has 0 saturated carbocycles. The van der Waals surface area contributed by atoms with Crippen molar-refractivity contribution in [3.63, 3.8) is 0 Å². The third-order valence-electron chi connectivity index (χ3n) is 4.45.